The molecule has 1 aromatic heterocycles. The second-order valence-corrected chi connectivity index (χ2v) is 6.19. The molecule has 0 bridgehead atoms. The fourth-order valence-corrected chi connectivity index (χ4v) is 2.45. The minimum absolute atomic E-state index is 0.105. The lowest BCUT2D eigenvalue weighted by molar-refractivity contribution is 0.200. The van der Waals surface area contributed by atoms with Crippen LogP contribution in [0.5, 0.6) is 0 Å². The summed E-state index contributed by atoms with van der Waals surface area (Å²) in [5.74, 6) is 0. The van der Waals surface area contributed by atoms with Crippen LogP contribution in [0, 0.1) is 0 Å². The molecule has 3 N–H and O–H groups in total. The fraction of sp³-hybridized carbons (Fsp3) is 0.231. The molecule has 0 unspecified atom stereocenters. The van der Waals surface area contributed by atoms with E-state index in [1.807, 2.05) is 6.07 Å². The van der Waals surface area contributed by atoms with Gasteiger partial charge in [0, 0.05) is 25.0 Å². The normalized spacial score (nSPS) is 11.4. The van der Waals surface area contributed by atoms with E-state index in [1.165, 1.54) is 6.07 Å². The predicted octanol–water partition coefficient (Wildman–Crippen LogP) is 1.21. The zero-order valence-corrected chi connectivity index (χ0v) is 13.8. The summed E-state index contributed by atoms with van der Waals surface area (Å²) in [5, 5.41) is 3.78. The highest BCUT2D eigenvalue weighted by Gasteiger charge is 2.15. The van der Waals surface area contributed by atoms with Gasteiger partial charge in [0.1, 0.15) is 5.58 Å². The maximum atomic E-state index is 11.6. The number of nitrogens with one attached hydrogen (secondary N) is 1. The quantitative estimate of drug-likeness (QED) is 0.314. The number of phosphoric ester groups is 1. The molecule has 0 saturated carbocycles. The monoisotopic (exact) mass is 358 g/mol. The summed E-state index contributed by atoms with van der Waals surface area (Å²) < 4.78 is 20.0. The summed E-state index contributed by atoms with van der Waals surface area (Å²) in [4.78, 5) is 30.4. The first-order valence-corrected chi connectivity index (χ1v) is 8.46. The molecule has 0 aliphatic rings. The van der Waals surface area contributed by atoms with E-state index < -0.39 is 13.4 Å². The van der Waals surface area contributed by atoms with Crippen LogP contribution in [0.2, 0.25) is 0 Å². The van der Waals surface area contributed by atoms with Crippen LogP contribution in [0.3, 0.4) is 0 Å². The lowest BCUT2D eigenvalue weighted by Gasteiger charge is -2.22. The van der Waals surface area contributed by atoms with E-state index in [-0.39, 0.29) is 18.3 Å². The van der Waals surface area contributed by atoms with Crippen LogP contribution in [-0.4, -0.2) is 35.1 Å². The van der Waals surface area contributed by atoms with Gasteiger partial charge >= 0.3 is 13.4 Å². The minimum Gasteiger partial charge on any atom is -0.423 e. The van der Waals surface area contributed by atoms with Crippen molar-refractivity contribution in [2.45, 2.75) is 0 Å². The van der Waals surface area contributed by atoms with Crippen LogP contribution in [0.15, 0.2) is 39.5 Å². The Balaban J connectivity index is 2.11. The van der Waals surface area contributed by atoms with Crippen molar-refractivity contribution in [3.8, 4) is 0 Å². The highest BCUT2D eigenvalue weighted by atomic mass is 32.1. The summed E-state index contributed by atoms with van der Waals surface area (Å²) in [7, 11) is -2.83. The molecular formula is C13H15N2O6PS. The SMILES string of the molecule is CN(C(=S)NCCOP(=O)(O)O)c1cc(=O)oc2ccccc12. The Hall–Kier alpha value is -1.77. The summed E-state index contributed by atoms with van der Waals surface area (Å²) in [5.41, 5.74) is 0.498. The first-order chi connectivity index (χ1) is 10.8. The zero-order chi connectivity index (χ0) is 17.0. The number of hydrogen-bond donors (Lipinski definition) is 3. The van der Waals surface area contributed by atoms with Crippen molar-refractivity contribution in [3.63, 3.8) is 0 Å². The number of rotatable bonds is 5. The standard InChI is InChI=1S/C13H15N2O6PS/c1-15(13(23)14-6-7-20-22(17,18)19)10-8-12(16)21-11-5-3-2-4-9(10)11/h2-5,8H,6-7H2,1H3,(H,14,23)(H2,17,18,19). The van der Waals surface area contributed by atoms with E-state index in [0.717, 1.165) is 0 Å². The van der Waals surface area contributed by atoms with Gasteiger partial charge in [-0.25, -0.2) is 9.36 Å². The van der Waals surface area contributed by atoms with Crippen molar-refractivity contribution in [3.05, 3.63) is 40.8 Å². The van der Waals surface area contributed by atoms with Gasteiger partial charge in [0.05, 0.1) is 12.3 Å². The molecule has 2 rings (SSSR count). The third-order valence-electron chi connectivity index (χ3n) is 2.93. The van der Waals surface area contributed by atoms with Crippen molar-refractivity contribution in [1.82, 2.24) is 5.32 Å². The number of anilines is 1. The number of para-hydroxylation sites is 1. The van der Waals surface area contributed by atoms with Crippen molar-refractivity contribution < 1.29 is 23.3 Å². The van der Waals surface area contributed by atoms with Gasteiger partial charge in [-0.15, -0.1) is 0 Å². The van der Waals surface area contributed by atoms with Crippen LogP contribution in [0.25, 0.3) is 11.0 Å². The Morgan fingerprint density at radius 3 is 2.83 bits per heavy atom. The van der Waals surface area contributed by atoms with Crippen molar-refractivity contribution in [2.24, 2.45) is 0 Å². The van der Waals surface area contributed by atoms with Crippen LogP contribution in [0.4, 0.5) is 5.69 Å². The minimum atomic E-state index is -4.50. The molecule has 8 nitrogen and oxygen atoms in total. The fourth-order valence-electron chi connectivity index (χ4n) is 1.92. The van der Waals surface area contributed by atoms with Crippen molar-refractivity contribution in [2.75, 3.05) is 25.1 Å². The summed E-state index contributed by atoms with van der Waals surface area (Å²) in [6.45, 7) is -0.108. The number of fused-ring (bicyclic) bond motifs is 1. The van der Waals surface area contributed by atoms with Crippen molar-refractivity contribution >= 4 is 41.8 Å². The van der Waals surface area contributed by atoms with Gasteiger partial charge in [0.15, 0.2) is 5.11 Å². The first kappa shape index (κ1) is 17.6. The molecule has 0 aliphatic heterocycles. The molecule has 0 spiro atoms. The van der Waals surface area contributed by atoms with E-state index in [1.54, 1.807) is 30.1 Å². The molecule has 0 amide bonds. The van der Waals surface area contributed by atoms with Crippen LogP contribution in [0.1, 0.15) is 0 Å². The second kappa shape index (κ2) is 7.20. The van der Waals surface area contributed by atoms with E-state index in [4.69, 9.17) is 26.4 Å². The molecule has 0 aliphatic carbocycles. The average Bonchev–Trinajstić information content (AvgIpc) is 2.48. The largest absolute Gasteiger partial charge is 0.469 e. The van der Waals surface area contributed by atoms with Crippen LogP contribution < -0.4 is 15.8 Å². The van der Waals surface area contributed by atoms with E-state index >= 15 is 0 Å². The third kappa shape index (κ3) is 4.85. The van der Waals surface area contributed by atoms with E-state index in [2.05, 4.69) is 9.84 Å². The average molecular weight is 358 g/mol. The molecule has 0 atom stereocenters. The maximum absolute atomic E-state index is 11.6. The Morgan fingerprint density at radius 1 is 1.43 bits per heavy atom. The summed E-state index contributed by atoms with van der Waals surface area (Å²) >= 11 is 5.20. The summed E-state index contributed by atoms with van der Waals surface area (Å²) in [6.07, 6.45) is 0. The van der Waals surface area contributed by atoms with Crippen LogP contribution >= 0.6 is 20.0 Å². The molecule has 1 heterocycles. The third-order valence-corrected chi connectivity index (χ3v) is 3.87. The number of hydrogen-bond acceptors (Lipinski definition) is 5. The van der Waals surface area contributed by atoms with Gasteiger partial charge in [-0.05, 0) is 24.4 Å². The highest BCUT2D eigenvalue weighted by Crippen LogP contribution is 2.35. The van der Waals surface area contributed by atoms with Gasteiger partial charge < -0.3 is 24.4 Å². The first-order valence-electron chi connectivity index (χ1n) is 6.52. The van der Waals surface area contributed by atoms with Gasteiger partial charge in [-0.1, -0.05) is 12.1 Å². The van der Waals surface area contributed by atoms with E-state index in [0.29, 0.717) is 16.7 Å². The molecular weight excluding hydrogens is 343 g/mol. The number of phosphoric acid groups is 1. The molecule has 1 aromatic carbocycles. The summed E-state index contributed by atoms with van der Waals surface area (Å²) in [6, 6.07) is 8.36. The lowest BCUT2D eigenvalue weighted by atomic mass is 10.2. The topological polar surface area (TPSA) is 112 Å². The lowest BCUT2D eigenvalue weighted by Crippen LogP contribution is -2.39. The van der Waals surface area contributed by atoms with Gasteiger partial charge in [0.2, 0.25) is 0 Å². The van der Waals surface area contributed by atoms with Gasteiger partial charge in [0.25, 0.3) is 0 Å². The smallest absolute Gasteiger partial charge is 0.423 e. The van der Waals surface area contributed by atoms with Gasteiger partial charge in [-0.2, -0.15) is 0 Å². The molecule has 10 heteroatoms. The Kier molecular flexibility index (Phi) is 5.51. The predicted molar refractivity (Wildman–Crippen MR) is 89.5 cm³/mol. The van der Waals surface area contributed by atoms with Gasteiger partial charge in [-0.3, -0.25) is 4.52 Å². The molecule has 124 valence electrons. The molecule has 0 saturated heterocycles. The van der Waals surface area contributed by atoms with Crippen LogP contribution in [-0.2, 0) is 9.09 Å². The maximum Gasteiger partial charge on any atom is 0.469 e. The molecule has 2 aromatic rings. The van der Waals surface area contributed by atoms with Crippen molar-refractivity contribution in [1.29, 1.82) is 0 Å². The Morgan fingerprint density at radius 2 is 2.13 bits per heavy atom. The number of benzene rings is 1. The molecule has 0 fully saturated rings. The molecule has 23 heavy (non-hydrogen) atoms. The highest BCUT2D eigenvalue weighted by molar-refractivity contribution is 7.80. The number of nitrogens with zero attached hydrogens (tertiary/aromatic N) is 1. The second-order valence-electron chi connectivity index (χ2n) is 4.56. The zero-order valence-electron chi connectivity index (χ0n) is 12.1. The number of thiocarbonyl (C=S) groups is 1. The van der Waals surface area contributed by atoms with E-state index in [9.17, 15) is 9.36 Å². The Labute approximate surface area is 136 Å². The molecule has 0 radical (unpaired) electrons. The Bertz CT molecular complexity index is 817.